The lowest BCUT2D eigenvalue weighted by Gasteiger charge is -2.31. The molecule has 1 aliphatic carbocycles. The van der Waals surface area contributed by atoms with Gasteiger partial charge in [0.15, 0.2) is 0 Å². The van der Waals surface area contributed by atoms with Crippen molar-refractivity contribution in [2.75, 3.05) is 6.54 Å². The highest BCUT2D eigenvalue weighted by Gasteiger charge is 2.61. The first-order valence-corrected chi connectivity index (χ1v) is 16.9. The highest BCUT2D eigenvalue weighted by Crippen LogP contribution is 2.46. The van der Waals surface area contributed by atoms with Crippen molar-refractivity contribution in [1.82, 2.24) is 20.3 Å². The summed E-state index contributed by atoms with van der Waals surface area (Å²) in [5.41, 5.74) is -2.15. The molecule has 0 bridgehead atoms. The molecule has 0 aromatic heterocycles. The molecule has 3 N–H and O–H groups in total. The number of hydrogen-bond donors (Lipinski definition) is 3. The van der Waals surface area contributed by atoms with Crippen LogP contribution in [0.5, 0.6) is 0 Å². The van der Waals surface area contributed by atoms with Crippen LogP contribution in [0.25, 0.3) is 0 Å². The summed E-state index contributed by atoms with van der Waals surface area (Å²) in [7, 11) is -4.01. The molecule has 0 aromatic carbocycles. The van der Waals surface area contributed by atoms with E-state index in [1.165, 1.54) is 4.90 Å². The highest BCUT2D eigenvalue weighted by atomic mass is 32.2. The SMILES string of the molecule is CC(C)C(C(C)C)S(=O)(=O)NC(=O)[C@@]12C[C@H]1C=CCCCCC[C@H](NC(=O)OC(C)(C)C)C(=O)N1CCC[C@H]1C(=O)N2. The van der Waals surface area contributed by atoms with Crippen molar-refractivity contribution < 1.29 is 32.3 Å². The molecule has 2 heterocycles. The van der Waals surface area contributed by atoms with Gasteiger partial charge >= 0.3 is 6.09 Å². The lowest BCUT2D eigenvalue weighted by molar-refractivity contribution is -0.141. The lowest BCUT2D eigenvalue weighted by atomic mass is 10.0. The van der Waals surface area contributed by atoms with Gasteiger partial charge in [-0.1, -0.05) is 52.7 Å². The van der Waals surface area contributed by atoms with Gasteiger partial charge in [-0.15, -0.1) is 0 Å². The fourth-order valence-corrected chi connectivity index (χ4v) is 8.33. The highest BCUT2D eigenvalue weighted by molar-refractivity contribution is 7.90. The normalized spacial score (nSPS) is 27.6. The molecule has 238 valence electrons. The zero-order valence-corrected chi connectivity index (χ0v) is 27.0. The van der Waals surface area contributed by atoms with E-state index in [2.05, 4.69) is 15.4 Å². The van der Waals surface area contributed by atoms with Gasteiger partial charge in [0.2, 0.25) is 21.8 Å². The third-order valence-electron chi connectivity index (χ3n) is 8.23. The van der Waals surface area contributed by atoms with Gasteiger partial charge in [-0.25, -0.2) is 13.2 Å². The Morgan fingerprint density at radius 2 is 1.71 bits per heavy atom. The minimum atomic E-state index is -4.01. The number of rotatable bonds is 6. The van der Waals surface area contributed by atoms with Gasteiger partial charge in [0, 0.05) is 12.5 Å². The molecule has 0 unspecified atom stereocenters. The van der Waals surface area contributed by atoms with Gasteiger partial charge in [-0.2, -0.15) is 0 Å². The maximum atomic E-state index is 13.7. The predicted octanol–water partition coefficient (Wildman–Crippen LogP) is 3.39. The Labute approximate surface area is 251 Å². The molecular formula is C30H50N4O7S. The molecule has 1 saturated carbocycles. The van der Waals surface area contributed by atoms with Gasteiger partial charge in [0.1, 0.15) is 23.2 Å². The third kappa shape index (κ3) is 8.26. The van der Waals surface area contributed by atoms with Gasteiger partial charge in [0.25, 0.3) is 5.91 Å². The number of carbonyl (C=O) groups excluding carboxylic acids is 4. The Bertz CT molecular complexity index is 1150. The van der Waals surface area contributed by atoms with E-state index in [1.807, 2.05) is 12.2 Å². The molecule has 0 spiro atoms. The summed E-state index contributed by atoms with van der Waals surface area (Å²) < 4.78 is 34.3. The Morgan fingerprint density at radius 3 is 2.33 bits per heavy atom. The van der Waals surface area contributed by atoms with E-state index < -0.39 is 56.4 Å². The maximum Gasteiger partial charge on any atom is 0.408 e. The number of allylic oxidation sites excluding steroid dienone is 1. The van der Waals surface area contributed by atoms with Crippen molar-refractivity contribution in [3.8, 4) is 0 Å². The van der Waals surface area contributed by atoms with Crippen molar-refractivity contribution in [3.05, 3.63) is 12.2 Å². The molecule has 1 saturated heterocycles. The number of ether oxygens (including phenoxy) is 1. The molecule has 2 aliphatic heterocycles. The quantitative estimate of drug-likeness (QED) is 0.390. The molecule has 2 fully saturated rings. The van der Waals surface area contributed by atoms with Crippen LogP contribution in [-0.4, -0.2) is 72.2 Å². The van der Waals surface area contributed by atoms with E-state index >= 15 is 0 Å². The second-order valence-electron chi connectivity index (χ2n) is 13.7. The van der Waals surface area contributed by atoms with Crippen LogP contribution in [-0.2, 0) is 29.1 Å². The Kier molecular flexibility index (Phi) is 10.8. The summed E-state index contributed by atoms with van der Waals surface area (Å²) in [6.07, 6.45) is 7.93. The first kappa shape index (κ1) is 33.9. The molecule has 3 aliphatic rings. The number of sulfonamides is 1. The van der Waals surface area contributed by atoms with Crippen LogP contribution in [0, 0.1) is 17.8 Å². The topological polar surface area (TPSA) is 151 Å². The standard InChI is InChI=1S/C30H50N4O7S/c1-19(2)24(20(3)4)42(39,40)33-27(37)30-18-21(30)14-11-9-8-10-12-15-22(31-28(38)41-29(5,6)7)26(36)34-17-13-16-23(34)25(35)32-30/h11,14,19-24H,8-10,12-13,15-18H2,1-7H3,(H,31,38)(H,32,35)(H,33,37)/t21-,22+,23+,30-/m1/s1. The van der Waals surface area contributed by atoms with Gasteiger partial charge in [-0.05, 0) is 71.1 Å². The van der Waals surface area contributed by atoms with Crippen LogP contribution in [0.2, 0.25) is 0 Å². The Hall–Kier alpha value is -2.63. The third-order valence-corrected chi connectivity index (χ3v) is 10.5. The van der Waals surface area contributed by atoms with Crippen molar-refractivity contribution in [2.24, 2.45) is 17.8 Å². The summed E-state index contributed by atoms with van der Waals surface area (Å²) in [6.45, 7) is 12.8. The lowest BCUT2D eigenvalue weighted by Crippen LogP contribution is -2.59. The second-order valence-corrected chi connectivity index (χ2v) is 15.5. The number of fused-ring (bicyclic) bond motifs is 2. The second kappa shape index (κ2) is 13.3. The summed E-state index contributed by atoms with van der Waals surface area (Å²) >= 11 is 0. The Balaban J connectivity index is 1.86. The van der Waals surface area contributed by atoms with Crippen molar-refractivity contribution >= 4 is 33.8 Å². The molecule has 42 heavy (non-hydrogen) atoms. The molecule has 3 rings (SSSR count). The van der Waals surface area contributed by atoms with Crippen LogP contribution in [0.1, 0.15) is 99.8 Å². The number of amides is 4. The van der Waals surface area contributed by atoms with Crippen LogP contribution < -0.4 is 15.4 Å². The summed E-state index contributed by atoms with van der Waals surface area (Å²) in [4.78, 5) is 55.1. The van der Waals surface area contributed by atoms with Crippen LogP contribution >= 0.6 is 0 Å². The van der Waals surface area contributed by atoms with Gasteiger partial charge in [-0.3, -0.25) is 19.1 Å². The number of alkyl carbamates (subject to hydrolysis) is 1. The summed E-state index contributed by atoms with van der Waals surface area (Å²) in [5, 5.41) is 4.80. The molecule has 11 nitrogen and oxygen atoms in total. The minimum Gasteiger partial charge on any atom is -0.444 e. The van der Waals surface area contributed by atoms with Gasteiger partial charge in [0.05, 0.1) is 5.25 Å². The van der Waals surface area contributed by atoms with E-state index in [0.717, 1.165) is 19.3 Å². The van der Waals surface area contributed by atoms with Crippen molar-refractivity contribution in [1.29, 1.82) is 0 Å². The largest absolute Gasteiger partial charge is 0.444 e. The molecule has 12 heteroatoms. The first-order chi connectivity index (χ1) is 19.5. The minimum absolute atomic E-state index is 0.217. The first-order valence-electron chi connectivity index (χ1n) is 15.3. The summed E-state index contributed by atoms with van der Waals surface area (Å²) in [6, 6.07) is -1.69. The number of hydrogen-bond acceptors (Lipinski definition) is 7. The smallest absolute Gasteiger partial charge is 0.408 e. The molecule has 0 radical (unpaired) electrons. The predicted molar refractivity (Wildman–Crippen MR) is 160 cm³/mol. The molecule has 4 amide bonds. The fraction of sp³-hybridized carbons (Fsp3) is 0.800. The van der Waals surface area contributed by atoms with E-state index in [1.54, 1.807) is 48.5 Å². The fourth-order valence-electron chi connectivity index (χ4n) is 6.32. The van der Waals surface area contributed by atoms with Crippen molar-refractivity contribution in [3.63, 3.8) is 0 Å². The number of nitrogens with zero attached hydrogens (tertiary/aromatic N) is 1. The number of nitrogens with one attached hydrogen (secondary N) is 3. The van der Waals surface area contributed by atoms with Crippen LogP contribution in [0.4, 0.5) is 4.79 Å². The average Bonchev–Trinajstić information content (AvgIpc) is 3.30. The maximum absolute atomic E-state index is 13.7. The zero-order chi connectivity index (χ0) is 31.5. The monoisotopic (exact) mass is 610 g/mol. The van der Waals surface area contributed by atoms with E-state index in [9.17, 15) is 27.6 Å². The van der Waals surface area contributed by atoms with Crippen molar-refractivity contribution in [2.45, 2.75) is 128 Å². The molecule has 4 atom stereocenters. The number of carbonyl (C=O) groups is 4. The van der Waals surface area contributed by atoms with Crippen LogP contribution in [0.3, 0.4) is 0 Å². The van der Waals surface area contributed by atoms with E-state index in [-0.39, 0.29) is 30.1 Å². The zero-order valence-electron chi connectivity index (χ0n) is 26.2. The van der Waals surface area contributed by atoms with Gasteiger partial charge < -0.3 is 20.3 Å². The average molecular weight is 611 g/mol. The van der Waals surface area contributed by atoms with E-state index in [4.69, 9.17) is 4.74 Å². The molecular weight excluding hydrogens is 560 g/mol. The molecule has 0 aromatic rings. The summed E-state index contributed by atoms with van der Waals surface area (Å²) in [5.74, 6) is -2.40. The Morgan fingerprint density at radius 1 is 1.05 bits per heavy atom. The van der Waals surface area contributed by atoms with E-state index in [0.29, 0.717) is 32.2 Å². The van der Waals surface area contributed by atoms with Crippen LogP contribution in [0.15, 0.2) is 12.2 Å².